The molecular formula is C21H34IN5O. The molecule has 0 spiro atoms. The number of benzene rings is 1. The number of nitrogens with one attached hydrogen (secondary N) is 3. The first kappa shape index (κ1) is 22.9. The number of piperidine rings is 1. The van der Waals surface area contributed by atoms with Gasteiger partial charge < -0.3 is 20.9 Å². The average Bonchev–Trinajstić information content (AvgIpc) is 2.70. The summed E-state index contributed by atoms with van der Waals surface area (Å²) in [7, 11) is 1.80. The number of fused-ring (bicyclic) bond motifs is 1. The quantitative estimate of drug-likeness (QED) is 0.320. The van der Waals surface area contributed by atoms with Crippen LogP contribution in [0.2, 0.25) is 0 Å². The minimum absolute atomic E-state index is 0. The smallest absolute Gasteiger partial charge is 0.225 e. The van der Waals surface area contributed by atoms with Crippen molar-refractivity contribution in [3.8, 4) is 0 Å². The topological polar surface area (TPSA) is 68.8 Å². The minimum atomic E-state index is 0. The van der Waals surface area contributed by atoms with Gasteiger partial charge >= 0.3 is 0 Å². The van der Waals surface area contributed by atoms with Crippen molar-refractivity contribution >= 4 is 41.5 Å². The number of nitrogens with zero attached hydrogens (tertiary/aromatic N) is 2. The van der Waals surface area contributed by atoms with E-state index in [0.717, 1.165) is 24.1 Å². The van der Waals surface area contributed by atoms with Gasteiger partial charge in [0.1, 0.15) is 0 Å². The summed E-state index contributed by atoms with van der Waals surface area (Å²) >= 11 is 0. The third kappa shape index (κ3) is 6.34. The second-order valence-corrected chi connectivity index (χ2v) is 7.58. The van der Waals surface area contributed by atoms with Crippen LogP contribution in [0.4, 0.5) is 5.69 Å². The van der Waals surface area contributed by atoms with Gasteiger partial charge in [-0.05, 0) is 56.4 Å². The summed E-state index contributed by atoms with van der Waals surface area (Å²) in [5.74, 6) is 1.89. The van der Waals surface area contributed by atoms with Gasteiger partial charge in [-0.3, -0.25) is 9.79 Å². The fourth-order valence-corrected chi connectivity index (χ4v) is 4.11. The van der Waals surface area contributed by atoms with Gasteiger partial charge in [-0.2, -0.15) is 0 Å². The first-order chi connectivity index (χ1) is 13.2. The molecule has 3 N–H and O–H groups in total. The number of para-hydroxylation sites is 1. The number of guanidine groups is 1. The zero-order valence-corrected chi connectivity index (χ0v) is 19.4. The third-order valence-electron chi connectivity index (χ3n) is 5.85. The molecule has 0 saturated carbocycles. The van der Waals surface area contributed by atoms with Crippen molar-refractivity contribution in [3.05, 3.63) is 29.8 Å². The summed E-state index contributed by atoms with van der Waals surface area (Å²) in [4.78, 5) is 18.8. The Morgan fingerprint density at radius 1 is 1.25 bits per heavy atom. The predicted octanol–water partition coefficient (Wildman–Crippen LogP) is 3.02. The van der Waals surface area contributed by atoms with Crippen molar-refractivity contribution in [2.45, 2.75) is 38.5 Å². The second kappa shape index (κ2) is 11.6. The molecular weight excluding hydrogens is 465 g/mol. The molecule has 2 aliphatic rings. The zero-order chi connectivity index (χ0) is 19.1. The Morgan fingerprint density at radius 3 is 2.71 bits per heavy atom. The maximum atomic E-state index is 12.0. The molecule has 1 fully saturated rings. The van der Waals surface area contributed by atoms with Gasteiger partial charge in [0.25, 0.3) is 0 Å². The highest BCUT2D eigenvalue weighted by atomic mass is 127. The zero-order valence-electron chi connectivity index (χ0n) is 17.0. The molecule has 1 atom stereocenters. The molecule has 2 aliphatic heterocycles. The molecule has 6 nitrogen and oxygen atoms in total. The lowest BCUT2D eigenvalue weighted by molar-refractivity contribution is -0.116. The number of carbonyl (C=O) groups is 1. The van der Waals surface area contributed by atoms with Crippen LogP contribution in [0.25, 0.3) is 0 Å². The molecule has 0 bridgehead atoms. The molecule has 28 heavy (non-hydrogen) atoms. The van der Waals surface area contributed by atoms with E-state index in [1.807, 2.05) is 18.2 Å². The first-order valence-corrected chi connectivity index (χ1v) is 10.2. The molecule has 0 radical (unpaired) electrons. The molecule has 1 unspecified atom stereocenters. The monoisotopic (exact) mass is 499 g/mol. The van der Waals surface area contributed by atoms with Gasteiger partial charge in [-0.25, -0.2) is 0 Å². The molecule has 2 heterocycles. The maximum absolute atomic E-state index is 12.0. The number of hydrogen-bond donors (Lipinski definition) is 3. The number of hydrogen-bond acceptors (Lipinski definition) is 3. The Bertz CT molecular complexity index is 658. The van der Waals surface area contributed by atoms with Crippen LogP contribution >= 0.6 is 24.0 Å². The molecule has 1 saturated heterocycles. The van der Waals surface area contributed by atoms with Crippen LogP contribution in [0.1, 0.15) is 44.1 Å². The van der Waals surface area contributed by atoms with E-state index in [4.69, 9.17) is 0 Å². The summed E-state index contributed by atoms with van der Waals surface area (Å²) in [6, 6.07) is 8.05. The van der Waals surface area contributed by atoms with Crippen molar-refractivity contribution in [1.29, 1.82) is 0 Å². The van der Waals surface area contributed by atoms with E-state index < -0.39 is 0 Å². The lowest BCUT2D eigenvalue weighted by Gasteiger charge is -2.31. The van der Waals surface area contributed by atoms with Crippen LogP contribution in [0, 0.1) is 5.92 Å². The van der Waals surface area contributed by atoms with E-state index in [2.05, 4.69) is 38.8 Å². The minimum Gasteiger partial charge on any atom is -0.356 e. The number of amides is 1. The average molecular weight is 499 g/mol. The van der Waals surface area contributed by atoms with Crippen molar-refractivity contribution in [3.63, 3.8) is 0 Å². The summed E-state index contributed by atoms with van der Waals surface area (Å²) in [5.41, 5.74) is 2.13. The van der Waals surface area contributed by atoms with Crippen molar-refractivity contribution < 1.29 is 4.79 Å². The van der Waals surface area contributed by atoms with Gasteiger partial charge in [0, 0.05) is 38.2 Å². The Hall–Kier alpha value is -1.35. The number of halogens is 1. The van der Waals surface area contributed by atoms with Crippen LogP contribution < -0.4 is 16.0 Å². The van der Waals surface area contributed by atoms with E-state index in [1.165, 1.54) is 44.5 Å². The van der Waals surface area contributed by atoms with Gasteiger partial charge in [0.15, 0.2) is 5.96 Å². The third-order valence-corrected chi connectivity index (χ3v) is 5.85. The first-order valence-electron chi connectivity index (χ1n) is 10.2. The lowest BCUT2D eigenvalue weighted by atomic mass is 9.90. The molecule has 0 aliphatic carbocycles. The standard InChI is InChI=1S/C21H33N5O.HI/c1-3-26-12-9-16(10-13-26)8-11-23-21(22-2)24-15-17-14-20(27)25-19-7-5-4-6-18(17)19;/h4-7,16-17H,3,8-15H2,1-2H3,(H,25,27)(H2,22,23,24);1H. The predicted molar refractivity (Wildman–Crippen MR) is 127 cm³/mol. The van der Waals surface area contributed by atoms with Gasteiger partial charge in [-0.1, -0.05) is 25.1 Å². The Labute approximate surface area is 186 Å². The highest BCUT2D eigenvalue weighted by Crippen LogP contribution is 2.31. The number of aliphatic imine (C=N–C) groups is 1. The van der Waals surface area contributed by atoms with Crippen LogP contribution in [0.15, 0.2) is 29.3 Å². The van der Waals surface area contributed by atoms with Crippen LogP contribution in [-0.2, 0) is 4.79 Å². The van der Waals surface area contributed by atoms with Crippen molar-refractivity contribution in [1.82, 2.24) is 15.5 Å². The Morgan fingerprint density at radius 2 is 2.00 bits per heavy atom. The van der Waals surface area contributed by atoms with Crippen molar-refractivity contribution in [2.75, 3.05) is 45.1 Å². The van der Waals surface area contributed by atoms with E-state index in [0.29, 0.717) is 13.0 Å². The molecule has 0 aromatic heterocycles. The fraction of sp³-hybridized carbons (Fsp3) is 0.619. The largest absolute Gasteiger partial charge is 0.356 e. The summed E-state index contributed by atoms with van der Waals surface area (Å²) in [6.45, 7) is 7.53. The summed E-state index contributed by atoms with van der Waals surface area (Å²) in [5, 5.41) is 9.80. The maximum Gasteiger partial charge on any atom is 0.225 e. The molecule has 3 rings (SSSR count). The normalized spacial score (nSPS) is 20.7. The molecule has 1 aromatic carbocycles. The highest BCUT2D eigenvalue weighted by Gasteiger charge is 2.24. The molecule has 156 valence electrons. The van der Waals surface area contributed by atoms with Crippen molar-refractivity contribution in [2.24, 2.45) is 10.9 Å². The van der Waals surface area contributed by atoms with E-state index in [9.17, 15) is 4.79 Å². The Kier molecular flexibility index (Phi) is 9.50. The number of anilines is 1. The molecule has 1 amide bonds. The van der Waals surface area contributed by atoms with Crippen LogP contribution in [0.5, 0.6) is 0 Å². The fourth-order valence-electron chi connectivity index (χ4n) is 4.11. The van der Waals surface area contributed by atoms with E-state index >= 15 is 0 Å². The van der Waals surface area contributed by atoms with E-state index in [1.54, 1.807) is 7.05 Å². The summed E-state index contributed by atoms with van der Waals surface area (Å²) < 4.78 is 0. The van der Waals surface area contributed by atoms with E-state index in [-0.39, 0.29) is 35.8 Å². The van der Waals surface area contributed by atoms with Gasteiger partial charge in [0.05, 0.1) is 0 Å². The number of carbonyl (C=O) groups excluding carboxylic acids is 1. The highest BCUT2D eigenvalue weighted by molar-refractivity contribution is 14.0. The number of likely N-dealkylation sites (tertiary alicyclic amines) is 1. The van der Waals surface area contributed by atoms with Gasteiger partial charge in [0.2, 0.25) is 5.91 Å². The number of rotatable bonds is 6. The molecule has 1 aromatic rings. The Balaban J connectivity index is 0.00000280. The van der Waals surface area contributed by atoms with Gasteiger partial charge in [-0.15, -0.1) is 24.0 Å². The SMILES string of the molecule is CCN1CCC(CCNC(=NC)NCC2CC(=O)Nc3ccccc32)CC1.I. The van der Waals surface area contributed by atoms with Crippen LogP contribution in [-0.4, -0.2) is 56.5 Å². The second-order valence-electron chi connectivity index (χ2n) is 7.58. The molecule has 7 heteroatoms. The van der Waals surface area contributed by atoms with Crippen LogP contribution in [0.3, 0.4) is 0 Å². The lowest BCUT2D eigenvalue weighted by Crippen LogP contribution is -2.42. The summed E-state index contributed by atoms with van der Waals surface area (Å²) in [6.07, 6.45) is 4.30.